The predicted octanol–water partition coefficient (Wildman–Crippen LogP) is 3.18. The summed E-state index contributed by atoms with van der Waals surface area (Å²) in [4.78, 5) is 9.43. The van der Waals surface area contributed by atoms with Gasteiger partial charge in [-0.3, -0.25) is 9.80 Å². The van der Waals surface area contributed by atoms with E-state index in [1.807, 2.05) is 24.3 Å². The van der Waals surface area contributed by atoms with Crippen LogP contribution in [0.25, 0.3) is 0 Å². The SMILES string of the molecule is CCCCc1noc([C@H](C)N2CCN(CCOc3ccc(OC)cc3)CC2)n1. The molecule has 1 atom stereocenters. The molecule has 28 heavy (non-hydrogen) atoms. The Balaban J connectivity index is 1.38. The van der Waals surface area contributed by atoms with Gasteiger partial charge in [0, 0.05) is 39.1 Å². The lowest BCUT2D eigenvalue weighted by atomic mass is 10.2. The lowest BCUT2D eigenvalue weighted by Gasteiger charge is -2.36. The first-order valence-corrected chi connectivity index (χ1v) is 10.3. The number of rotatable bonds is 10. The van der Waals surface area contributed by atoms with Crippen molar-refractivity contribution in [1.29, 1.82) is 0 Å². The fourth-order valence-electron chi connectivity index (χ4n) is 3.37. The first-order chi connectivity index (χ1) is 13.7. The van der Waals surface area contributed by atoms with Crippen LogP contribution in [0.1, 0.15) is 44.4 Å². The molecule has 1 aliphatic heterocycles. The highest BCUT2D eigenvalue weighted by Crippen LogP contribution is 2.21. The third-order valence-electron chi connectivity index (χ3n) is 5.29. The van der Waals surface area contributed by atoms with Crippen molar-refractivity contribution in [2.75, 3.05) is 46.4 Å². The lowest BCUT2D eigenvalue weighted by Crippen LogP contribution is -2.48. The molecule has 7 heteroatoms. The van der Waals surface area contributed by atoms with Crippen LogP contribution in [0.15, 0.2) is 28.8 Å². The van der Waals surface area contributed by atoms with Crippen LogP contribution < -0.4 is 9.47 Å². The first kappa shape index (κ1) is 20.6. The zero-order valence-electron chi connectivity index (χ0n) is 17.3. The third kappa shape index (κ3) is 5.69. The molecule has 1 aromatic carbocycles. The second-order valence-electron chi connectivity index (χ2n) is 7.23. The van der Waals surface area contributed by atoms with E-state index in [1.165, 1.54) is 0 Å². The maximum atomic E-state index is 5.84. The molecule has 2 aromatic rings. The Kier molecular flexibility index (Phi) is 7.68. The van der Waals surface area contributed by atoms with Crippen LogP contribution in [-0.2, 0) is 6.42 Å². The van der Waals surface area contributed by atoms with Crippen LogP contribution in [0, 0.1) is 0 Å². The van der Waals surface area contributed by atoms with Gasteiger partial charge in [-0.1, -0.05) is 18.5 Å². The predicted molar refractivity (Wildman–Crippen MR) is 108 cm³/mol. The van der Waals surface area contributed by atoms with E-state index >= 15 is 0 Å². The summed E-state index contributed by atoms with van der Waals surface area (Å²) in [5.74, 6) is 3.29. The largest absolute Gasteiger partial charge is 0.497 e. The molecule has 7 nitrogen and oxygen atoms in total. The van der Waals surface area contributed by atoms with Crippen LogP contribution in [-0.4, -0.2) is 66.4 Å². The Morgan fingerprint density at radius 1 is 1.11 bits per heavy atom. The molecule has 0 radical (unpaired) electrons. The standard InChI is InChI=1S/C21H32N4O3/c1-4-5-6-20-22-21(28-23-20)17(2)25-13-11-24(12-14-25)15-16-27-19-9-7-18(26-3)8-10-19/h7-10,17H,4-6,11-16H2,1-3H3/t17-/m0/s1. The Hall–Kier alpha value is -2.12. The monoisotopic (exact) mass is 388 g/mol. The van der Waals surface area contributed by atoms with Crippen molar-refractivity contribution in [2.24, 2.45) is 0 Å². The van der Waals surface area contributed by atoms with Gasteiger partial charge in [0.25, 0.3) is 0 Å². The van der Waals surface area contributed by atoms with Gasteiger partial charge in [-0.25, -0.2) is 0 Å². The van der Waals surface area contributed by atoms with Crippen molar-refractivity contribution in [3.63, 3.8) is 0 Å². The molecule has 0 spiro atoms. The van der Waals surface area contributed by atoms with Crippen LogP contribution in [0.4, 0.5) is 0 Å². The van der Waals surface area contributed by atoms with E-state index < -0.39 is 0 Å². The molecule has 0 aliphatic carbocycles. The quantitative estimate of drug-likeness (QED) is 0.619. The van der Waals surface area contributed by atoms with Crippen LogP contribution >= 0.6 is 0 Å². The van der Waals surface area contributed by atoms with E-state index in [0.29, 0.717) is 6.61 Å². The highest BCUT2D eigenvalue weighted by Gasteiger charge is 2.25. The van der Waals surface area contributed by atoms with E-state index in [0.717, 1.165) is 75.2 Å². The Morgan fingerprint density at radius 3 is 2.50 bits per heavy atom. The molecule has 1 fully saturated rings. The third-order valence-corrected chi connectivity index (χ3v) is 5.29. The summed E-state index contributed by atoms with van der Waals surface area (Å²) < 4.78 is 16.5. The molecule has 0 amide bonds. The molecule has 154 valence electrons. The van der Waals surface area contributed by atoms with E-state index in [-0.39, 0.29) is 6.04 Å². The van der Waals surface area contributed by atoms with E-state index in [9.17, 15) is 0 Å². The average Bonchev–Trinajstić information content (AvgIpc) is 3.22. The minimum atomic E-state index is 0.167. The Morgan fingerprint density at radius 2 is 1.82 bits per heavy atom. The van der Waals surface area contributed by atoms with Crippen molar-refractivity contribution in [1.82, 2.24) is 19.9 Å². The smallest absolute Gasteiger partial charge is 0.243 e. The van der Waals surface area contributed by atoms with Gasteiger partial charge in [0.2, 0.25) is 5.89 Å². The molecule has 2 heterocycles. The van der Waals surface area contributed by atoms with Crippen LogP contribution in [0.2, 0.25) is 0 Å². The van der Waals surface area contributed by atoms with Gasteiger partial charge >= 0.3 is 0 Å². The number of aryl methyl sites for hydroxylation is 1. The molecule has 0 unspecified atom stereocenters. The van der Waals surface area contributed by atoms with Crippen LogP contribution in [0.3, 0.4) is 0 Å². The molecule has 1 aliphatic rings. The van der Waals surface area contributed by atoms with Gasteiger partial charge in [-0.2, -0.15) is 4.98 Å². The van der Waals surface area contributed by atoms with Crippen molar-refractivity contribution < 1.29 is 14.0 Å². The minimum Gasteiger partial charge on any atom is -0.497 e. The topological polar surface area (TPSA) is 63.9 Å². The summed E-state index contributed by atoms with van der Waals surface area (Å²) in [6, 6.07) is 7.89. The summed E-state index contributed by atoms with van der Waals surface area (Å²) >= 11 is 0. The normalized spacial score (nSPS) is 16.8. The van der Waals surface area contributed by atoms with Gasteiger partial charge in [0.1, 0.15) is 18.1 Å². The number of aromatic nitrogens is 2. The molecule has 1 saturated heterocycles. The average molecular weight is 389 g/mol. The van der Waals surface area contributed by atoms with Gasteiger partial charge in [-0.05, 0) is 37.6 Å². The maximum absolute atomic E-state index is 5.84. The number of ether oxygens (including phenoxy) is 2. The van der Waals surface area contributed by atoms with Gasteiger partial charge < -0.3 is 14.0 Å². The second-order valence-corrected chi connectivity index (χ2v) is 7.23. The van der Waals surface area contributed by atoms with Gasteiger partial charge in [-0.15, -0.1) is 0 Å². The zero-order chi connectivity index (χ0) is 19.8. The van der Waals surface area contributed by atoms with Crippen molar-refractivity contribution >= 4 is 0 Å². The van der Waals surface area contributed by atoms with E-state index in [2.05, 4.69) is 33.8 Å². The van der Waals surface area contributed by atoms with Crippen molar-refractivity contribution in [3.05, 3.63) is 36.0 Å². The minimum absolute atomic E-state index is 0.167. The molecular formula is C21H32N4O3. The Bertz CT molecular complexity index is 696. The Labute approximate surface area is 167 Å². The number of unbranched alkanes of at least 4 members (excludes halogenated alkanes) is 1. The fourth-order valence-corrected chi connectivity index (χ4v) is 3.37. The second kappa shape index (κ2) is 10.4. The molecular weight excluding hydrogens is 356 g/mol. The molecule has 1 aromatic heterocycles. The zero-order valence-corrected chi connectivity index (χ0v) is 17.3. The van der Waals surface area contributed by atoms with Crippen molar-refractivity contribution in [2.45, 2.75) is 39.2 Å². The van der Waals surface area contributed by atoms with E-state index in [1.54, 1.807) is 7.11 Å². The number of hydrogen-bond acceptors (Lipinski definition) is 7. The fraction of sp³-hybridized carbons (Fsp3) is 0.619. The van der Waals surface area contributed by atoms with Crippen LogP contribution in [0.5, 0.6) is 11.5 Å². The van der Waals surface area contributed by atoms with Crippen molar-refractivity contribution in [3.8, 4) is 11.5 Å². The van der Waals surface area contributed by atoms with Gasteiger partial charge in [0.05, 0.1) is 13.2 Å². The molecule has 0 saturated carbocycles. The summed E-state index contributed by atoms with van der Waals surface area (Å²) in [5.41, 5.74) is 0. The highest BCUT2D eigenvalue weighted by atomic mass is 16.5. The number of methoxy groups -OCH3 is 1. The summed E-state index contributed by atoms with van der Waals surface area (Å²) in [7, 11) is 1.67. The lowest BCUT2D eigenvalue weighted by molar-refractivity contribution is 0.0800. The summed E-state index contributed by atoms with van der Waals surface area (Å²) in [5, 5.41) is 4.12. The molecule has 0 bridgehead atoms. The maximum Gasteiger partial charge on any atom is 0.243 e. The summed E-state index contributed by atoms with van der Waals surface area (Å²) in [6.45, 7) is 9.97. The summed E-state index contributed by atoms with van der Waals surface area (Å²) in [6.07, 6.45) is 3.14. The molecule has 0 N–H and O–H groups in total. The first-order valence-electron chi connectivity index (χ1n) is 10.3. The number of piperazine rings is 1. The number of hydrogen-bond donors (Lipinski definition) is 0. The number of nitrogens with zero attached hydrogens (tertiary/aromatic N) is 4. The van der Waals surface area contributed by atoms with E-state index in [4.69, 9.17) is 14.0 Å². The molecule has 3 rings (SSSR count). The van der Waals surface area contributed by atoms with Gasteiger partial charge in [0.15, 0.2) is 5.82 Å². The number of benzene rings is 1. The highest BCUT2D eigenvalue weighted by molar-refractivity contribution is 5.31.